The number of esters is 1. The van der Waals surface area contributed by atoms with Crippen molar-refractivity contribution in [2.45, 2.75) is 19.3 Å². The SMILES string of the molecule is COC(=O)[C@H]1CCCN(CC(=O)N2CCC2)C1. The molecule has 0 aromatic heterocycles. The van der Waals surface area contributed by atoms with Crippen molar-refractivity contribution in [1.82, 2.24) is 9.80 Å². The lowest BCUT2D eigenvalue weighted by atomic mass is 9.98. The number of ether oxygens (including phenoxy) is 1. The van der Waals surface area contributed by atoms with E-state index in [4.69, 9.17) is 4.74 Å². The molecule has 0 saturated carbocycles. The van der Waals surface area contributed by atoms with Gasteiger partial charge in [-0.1, -0.05) is 0 Å². The minimum atomic E-state index is -0.147. The van der Waals surface area contributed by atoms with Crippen LogP contribution in [0.1, 0.15) is 19.3 Å². The number of methoxy groups -OCH3 is 1. The number of carbonyl (C=O) groups is 2. The summed E-state index contributed by atoms with van der Waals surface area (Å²) in [5.41, 5.74) is 0. The van der Waals surface area contributed by atoms with Gasteiger partial charge in [-0.3, -0.25) is 14.5 Å². The van der Waals surface area contributed by atoms with Gasteiger partial charge in [0.05, 0.1) is 19.6 Å². The van der Waals surface area contributed by atoms with Gasteiger partial charge in [-0.25, -0.2) is 0 Å². The highest BCUT2D eigenvalue weighted by Crippen LogP contribution is 2.18. The lowest BCUT2D eigenvalue weighted by Gasteiger charge is -2.35. The molecule has 0 spiro atoms. The number of rotatable bonds is 3. The van der Waals surface area contributed by atoms with E-state index in [1.165, 1.54) is 7.11 Å². The van der Waals surface area contributed by atoms with Gasteiger partial charge in [0.2, 0.25) is 5.91 Å². The highest BCUT2D eigenvalue weighted by molar-refractivity contribution is 5.79. The third-order valence-corrected chi connectivity index (χ3v) is 3.61. The Morgan fingerprint density at radius 1 is 1.24 bits per heavy atom. The van der Waals surface area contributed by atoms with Crippen LogP contribution < -0.4 is 0 Å². The van der Waals surface area contributed by atoms with Gasteiger partial charge in [-0.15, -0.1) is 0 Å². The van der Waals surface area contributed by atoms with Crippen LogP contribution in [0, 0.1) is 5.92 Å². The highest BCUT2D eigenvalue weighted by atomic mass is 16.5. The van der Waals surface area contributed by atoms with Crippen molar-refractivity contribution < 1.29 is 14.3 Å². The molecule has 2 aliphatic heterocycles. The number of nitrogens with zero attached hydrogens (tertiary/aromatic N) is 2. The molecule has 5 heteroatoms. The fourth-order valence-electron chi connectivity index (χ4n) is 2.42. The average Bonchev–Trinajstić information content (AvgIpc) is 2.26. The minimum absolute atomic E-state index is 0.0575. The summed E-state index contributed by atoms with van der Waals surface area (Å²) in [5.74, 6) is -0.00851. The molecule has 0 bridgehead atoms. The average molecular weight is 240 g/mol. The molecule has 2 rings (SSSR count). The van der Waals surface area contributed by atoms with Crippen molar-refractivity contribution >= 4 is 11.9 Å². The van der Waals surface area contributed by atoms with Gasteiger partial charge in [0.1, 0.15) is 0 Å². The Hall–Kier alpha value is -1.10. The second kappa shape index (κ2) is 5.49. The van der Waals surface area contributed by atoms with E-state index in [9.17, 15) is 9.59 Å². The van der Waals surface area contributed by atoms with Crippen molar-refractivity contribution in [2.75, 3.05) is 39.8 Å². The number of piperidine rings is 1. The van der Waals surface area contributed by atoms with Crippen molar-refractivity contribution in [1.29, 1.82) is 0 Å². The van der Waals surface area contributed by atoms with E-state index < -0.39 is 0 Å². The predicted octanol–water partition coefficient (Wildman–Crippen LogP) is 0.104. The first kappa shape index (κ1) is 12.4. The standard InChI is InChI=1S/C12H20N2O3/c1-17-12(16)10-4-2-5-13(8-10)9-11(15)14-6-3-7-14/h10H,2-9H2,1H3/t10-/m0/s1. The first-order valence-electron chi connectivity index (χ1n) is 6.28. The van der Waals surface area contributed by atoms with E-state index in [0.717, 1.165) is 38.9 Å². The monoisotopic (exact) mass is 240 g/mol. The van der Waals surface area contributed by atoms with Gasteiger partial charge in [-0.05, 0) is 25.8 Å². The van der Waals surface area contributed by atoms with Crippen LogP contribution in [0.5, 0.6) is 0 Å². The Labute approximate surface area is 102 Å². The van der Waals surface area contributed by atoms with Crippen LogP contribution >= 0.6 is 0 Å². The van der Waals surface area contributed by atoms with E-state index in [0.29, 0.717) is 13.1 Å². The summed E-state index contributed by atoms with van der Waals surface area (Å²) in [5, 5.41) is 0. The molecule has 17 heavy (non-hydrogen) atoms. The van der Waals surface area contributed by atoms with E-state index in [-0.39, 0.29) is 17.8 Å². The van der Waals surface area contributed by atoms with E-state index in [1.807, 2.05) is 4.90 Å². The molecule has 0 aliphatic carbocycles. The summed E-state index contributed by atoms with van der Waals surface area (Å²) < 4.78 is 4.76. The summed E-state index contributed by atoms with van der Waals surface area (Å²) in [7, 11) is 1.42. The smallest absolute Gasteiger partial charge is 0.309 e. The van der Waals surface area contributed by atoms with Crippen LogP contribution in [0.15, 0.2) is 0 Å². The van der Waals surface area contributed by atoms with Gasteiger partial charge in [0.25, 0.3) is 0 Å². The maximum absolute atomic E-state index is 11.8. The van der Waals surface area contributed by atoms with Gasteiger partial charge < -0.3 is 9.64 Å². The van der Waals surface area contributed by atoms with E-state index in [2.05, 4.69) is 4.90 Å². The molecule has 96 valence electrons. The second-order valence-electron chi connectivity index (χ2n) is 4.83. The zero-order valence-electron chi connectivity index (χ0n) is 10.4. The first-order chi connectivity index (χ1) is 8.20. The summed E-state index contributed by atoms with van der Waals surface area (Å²) >= 11 is 0. The maximum Gasteiger partial charge on any atom is 0.309 e. The fraction of sp³-hybridized carbons (Fsp3) is 0.833. The zero-order valence-corrected chi connectivity index (χ0v) is 10.4. The second-order valence-corrected chi connectivity index (χ2v) is 4.83. The normalized spacial score (nSPS) is 25.2. The van der Waals surface area contributed by atoms with Crippen molar-refractivity contribution in [3.05, 3.63) is 0 Å². The Balaban J connectivity index is 1.80. The van der Waals surface area contributed by atoms with Crippen LogP contribution in [-0.4, -0.2) is 61.5 Å². The molecule has 0 radical (unpaired) electrons. The van der Waals surface area contributed by atoms with Crippen molar-refractivity contribution in [3.8, 4) is 0 Å². The van der Waals surface area contributed by atoms with Gasteiger partial charge in [0, 0.05) is 19.6 Å². The number of amides is 1. The zero-order chi connectivity index (χ0) is 12.3. The lowest BCUT2D eigenvalue weighted by molar-refractivity contribution is -0.148. The third kappa shape index (κ3) is 2.97. The largest absolute Gasteiger partial charge is 0.469 e. The van der Waals surface area contributed by atoms with Gasteiger partial charge in [-0.2, -0.15) is 0 Å². The fourth-order valence-corrected chi connectivity index (χ4v) is 2.42. The van der Waals surface area contributed by atoms with Crippen LogP contribution in [0.25, 0.3) is 0 Å². The molecule has 2 heterocycles. The molecular weight excluding hydrogens is 220 g/mol. The lowest BCUT2D eigenvalue weighted by Crippen LogP contribution is -2.49. The molecule has 0 unspecified atom stereocenters. The maximum atomic E-state index is 11.8. The molecule has 2 saturated heterocycles. The summed E-state index contributed by atoms with van der Waals surface area (Å²) in [6, 6.07) is 0. The summed E-state index contributed by atoms with van der Waals surface area (Å²) in [4.78, 5) is 27.2. The molecule has 1 atom stereocenters. The van der Waals surface area contributed by atoms with Crippen LogP contribution in [0.4, 0.5) is 0 Å². The Morgan fingerprint density at radius 3 is 2.59 bits per heavy atom. The molecule has 2 fully saturated rings. The Kier molecular flexibility index (Phi) is 3.99. The summed E-state index contributed by atoms with van der Waals surface area (Å²) in [6.07, 6.45) is 2.96. The van der Waals surface area contributed by atoms with Gasteiger partial charge in [0.15, 0.2) is 0 Å². The first-order valence-corrected chi connectivity index (χ1v) is 6.28. The number of hydrogen-bond donors (Lipinski definition) is 0. The number of likely N-dealkylation sites (tertiary alicyclic amines) is 2. The number of carbonyl (C=O) groups excluding carboxylic acids is 2. The molecular formula is C12H20N2O3. The third-order valence-electron chi connectivity index (χ3n) is 3.61. The van der Waals surface area contributed by atoms with Gasteiger partial charge >= 0.3 is 5.97 Å². The van der Waals surface area contributed by atoms with E-state index in [1.54, 1.807) is 0 Å². The minimum Gasteiger partial charge on any atom is -0.469 e. The molecule has 2 aliphatic rings. The van der Waals surface area contributed by atoms with Crippen LogP contribution in [0.2, 0.25) is 0 Å². The molecule has 1 amide bonds. The predicted molar refractivity (Wildman–Crippen MR) is 62.4 cm³/mol. The number of hydrogen-bond acceptors (Lipinski definition) is 4. The Morgan fingerprint density at radius 2 is 2.00 bits per heavy atom. The molecule has 0 aromatic rings. The Bertz CT molecular complexity index is 302. The molecule has 5 nitrogen and oxygen atoms in total. The molecule has 0 N–H and O–H groups in total. The van der Waals surface area contributed by atoms with Crippen LogP contribution in [0.3, 0.4) is 0 Å². The van der Waals surface area contributed by atoms with E-state index >= 15 is 0 Å². The quantitative estimate of drug-likeness (QED) is 0.657. The topological polar surface area (TPSA) is 49.9 Å². The molecule has 0 aromatic carbocycles. The van der Waals surface area contributed by atoms with Crippen molar-refractivity contribution in [3.63, 3.8) is 0 Å². The highest BCUT2D eigenvalue weighted by Gasteiger charge is 2.29. The summed E-state index contributed by atoms with van der Waals surface area (Å²) in [6.45, 7) is 3.81. The van der Waals surface area contributed by atoms with Crippen molar-refractivity contribution in [2.24, 2.45) is 5.92 Å². The van der Waals surface area contributed by atoms with Crippen LogP contribution in [-0.2, 0) is 14.3 Å².